The van der Waals surface area contributed by atoms with Gasteiger partial charge >= 0.3 is 5.69 Å². The van der Waals surface area contributed by atoms with Crippen LogP contribution in [0.5, 0.6) is 0 Å². The molecule has 31 heavy (non-hydrogen) atoms. The Bertz CT molecular complexity index is 1080. The van der Waals surface area contributed by atoms with E-state index in [9.17, 15) is 19.2 Å². The maximum Gasteiger partial charge on any atom is 0.330 e. The average molecular weight is 425 g/mol. The van der Waals surface area contributed by atoms with Gasteiger partial charge < -0.3 is 14.4 Å². The third-order valence-corrected chi connectivity index (χ3v) is 5.52. The van der Waals surface area contributed by atoms with E-state index in [0.717, 1.165) is 17.4 Å². The number of hydrogen-bond donors (Lipinski definition) is 0. The second-order valence-corrected chi connectivity index (χ2v) is 7.72. The van der Waals surface area contributed by atoms with Gasteiger partial charge in [-0.1, -0.05) is 30.3 Å². The Labute approximate surface area is 181 Å². The normalized spacial score (nSPS) is 14.3. The summed E-state index contributed by atoms with van der Waals surface area (Å²) in [4.78, 5) is 52.3. The van der Waals surface area contributed by atoms with Crippen LogP contribution in [0.15, 0.2) is 52.2 Å². The standard InChI is InChI=1S/C23H28N4O4/c1-24-17-19(22(30)25(2)23(24)31)11-12-21(29)27-15-13-26(14-16-27)20(28)10-6-9-18-7-4-3-5-8-18/h3-5,7-8,11-12,17H,6,9-10,13-16H2,1-2H3/b12-11+. The van der Waals surface area contributed by atoms with Crippen molar-refractivity contribution in [2.45, 2.75) is 19.3 Å². The largest absolute Gasteiger partial charge is 0.339 e. The molecule has 0 aliphatic carbocycles. The van der Waals surface area contributed by atoms with Crippen molar-refractivity contribution >= 4 is 17.9 Å². The first-order valence-corrected chi connectivity index (χ1v) is 10.4. The van der Waals surface area contributed by atoms with Crippen molar-refractivity contribution in [1.82, 2.24) is 18.9 Å². The molecule has 1 aromatic heterocycles. The Morgan fingerprint density at radius 1 is 0.968 bits per heavy atom. The lowest BCUT2D eigenvalue weighted by Gasteiger charge is -2.34. The monoisotopic (exact) mass is 424 g/mol. The maximum absolute atomic E-state index is 12.5. The van der Waals surface area contributed by atoms with E-state index in [0.29, 0.717) is 32.6 Å². The summed E-state index contributed by atoms with van der Waals surface area (Å²) in [6, 6.07) is 10.1. The maximum atomic E-state index is 12.5. The first-order chi connectivity index (χ1) is 14.9. The third kappa shape index (κ3) is 5.59. The average Bonchev–Trinajstić information content (AvgIpc) is 2.79. The Balaban J connectivity index is 1.48. The molecule has 3 rings (SSSR count). The SMILES string of the molecule is Cn1cc(/C=C/C(=O)N2CCN(C(=O)CCCc3ccccc3)CC2)c(=O)n(C)c1=O. The molecule has 2 amide bonds. The van der Waals surface area contributed by atoms with E-state index in [4.69, 9.17) is 0 Å². The number of carbonyl (C=O) groups excluding carboxylic acids is 2. The van der Waals surface area contributed by atoms with Gasteiger partial charge in [-0.05, 0) is 24.5 Å². The van der Waals surface area contributed by atoms with Crippen LogP contribution in [0.1, 0.15) is 24.0 Å². The van der Waals surface area contributed by atoms with Crippen LogP contribution in [0.4, 0.5) is 0 Å². The van der Waals surface area contributed by atoms with E-state index >= 15 is 0 Å². The molecule has 0 saturated carbocycles. The summed E-state index contributed by atoms with van der Waals surface area (Å²) >= 11 is 0. The number of amides is 2. The Morgan fingerprint density at radius 2 is 1.61 bits per heavy atom. The molecular formula is C23H28N4O4. The first kappa shape index (κ1) is 22.3. The summed E-state index contributed by atoms with van der Waals surface area (Å²) in [5.74, 6) is -0.0978. The lowest BCUT2D eigenvalue weighted by Crippen LogP contribution is -2.50. The zero-order valence-electron chi connectivity index (χ0n) is 18.0. The minimum Gasteiger partial charge on any atom is -0.339 e. The van der Waals surface area contributed by atoms with Crippen molar-refractivity contribution in [3.63, 3.8) is 0 Å². The molecule has 0 atom stereocenters. The predicted octanol–water partition coefficient (Wildman–Crippen LogP) is 0.791. The van der Waals surface area contributed by atoms with Gasteiger partial charge in [-0.2, -0.15) is 0 Å². The molecule has 1 aromatic carbocycles. The van der Waals surface area contributed by atoms with Crippen LogP contribution in [-0.4, -0.2) is 56.9 Å². The van der Waals surface area contributed by atoms with E-state index < -0.39 is 11.2 Å². The quantitative estimate of drug-likeness (QED) is 0.642. The highest BCUT2D eigenvalue weighted by Crippen LogP contribution is 2.09. The van der Waals surface area contributed by atoms with Gasteiger partial charge in [0.2, 0.25) is 11.8 Å². The molecular weight excluding hydrogens is 396 g/mol. The number of nitrogens with zero attached hydrogens (tertiary/aromatic N) is 4. The van der Waals surface area contributed by atoms with Crippen LogP contribution < -0.4 is 11.2 Å². The second kappa shape index (κ2) is 10.1. The van der Waals surface area contributed by atoms with Crippen LogP contribution in [-0.2, 0) is 30.1 Å². The topological polar surface area (TPSA) is 84.6 Å². The van der Waals surface area contributed by atoms with E-state index in [1.165, 1.54) is 35.5 Å². The van der Waals surface area contributed by atoms with Crippen molar-refractivity contribution < 1.29 is 9.59 Å². The molecule has 2 aromatic rings. The summed E-state index contributed by atoms with van der Waals surface area (Å²) < 4.78 is 2.31. The highest BCUT2D eigenvalue weighted by molar-refractivity contribution is 5.92. The summed E-state index contributed by atoms with van der Waals surface area (Å²) in [5.41, 5.74) is 0.632. The van der Waals surface area contributed by atoms with E-state index in [2.05, 4.69) is 12.1 Å². The van der Waals surface area contributed by atoms with Gasteiger partial charge in [-0.3, -0.25) is 19.0 Å². The molecule has 1 aliphatic rings. The van der Waals surface area contributed by atoms with E-state index in [-0.39, 0.29) is 17.4 Å². The fraction of sp³-hybridized carbons (Fsp3) is 0.391. The molecule has 2 heterocycles. The number of hydrogen-bond acceptors (Lipinski definition) is 4. The zero-order chi connectivity index (χ0) is 22.4. The summed E-state index contributed by atoms with van der Waals surface area (Å²) in [6.07, 6.45) is 6.38. The van der Waals surface area contributed by atoms with Gasteiger partial charge in [0.05, 0.1) is 5.56 Å². The Hall–Kier alpha value is -3.42. The second-order valence-electron chi connectivity index (χ2n) is 7.72. The number of rotatable bonds is 6. The van der Waals surface area contributed by atoms with Crippen LogP contribution >= 0.6 is 0 Å². The van der Waals surface area contributed by atoms with Crippen LogP contribution in [0.25, 0.3) is 6.08 Å². The summed E-state index contributed by atoms with van der Waals surface area (Å²) in [6.45, 7) is 1.93. The molecule has 0 radical (unpaired) electrons. The van der Waals surface area contributed by atoms with Crippen molar-refractivity contribution in [2.24, 2.45) is 14.1 Å². The number of benzene rings is 1. The summed E-state index contributed by atoms with van der Waals surface area (Å²) in [7, 11) is 2.96. The fourth-order valence-electron chi connectivity index (χ4n) is 3.64. The van der Waals surface area contributed by atoms with Crippen LogP contribution in [0.2, 0.25) is 0 Å². The van der Waals surface area contributed by atoms with E-state index in [1.807, 2.05) is 18.2 Å². The molecule has 0 bridgehead atoms. The smallest absolute Gasteiger partial charge is 0.330 e. The first-order valence-electron chi connectivity index (χ1n) is 10.4. The van der Waals surface area contributed by atoms with Gasteiger partial charge in [-0.15, -0.1) is 0 Å². The number of piperazine rings is 1. The van der Waals surface area contributed by atoms with Crippen LogP contribution in [0.3, 0.4) is 0 Å². The fourth-order valence-corrected chi connectivity index (χ4v) is 3.64. The molecule has 1 aliphatic heterocycles. The van der Waals surface area contributed by atoms with Crippen molar-refractivity contribution in [1.29, 1.82) is 0 Å². The van der Waals surface area contributed by atoms with Gasteiger partial charge in [0.15, 0.2) is 0 Å². The van der Waals surface area contributed by atoms with Crippen LogP contribution in [0, 0.1) is 0 Å². The van der Waals surface area contributed by atoms with Gasteiger partial charge in [0.25, 0.3) is 5.56 Å². The highest BCUT2D eigenvalue weighted by atomic mass is 16.2. The van der Waals surface area contributed by atoms with Gasteiger partial charge in [0.1, 0.15) is 0 Å². The molecule has 164 valence electrons. The van der Waals surface area contributed by atoms with Gasteiger partial charge in [-0.25, -0.2) is 4.79 Å². The minimum absolute atomic E-state index is 0.118. The molecule has 0 unspecified atom stereocenters. The number of aromatic nitrogens is 2. The highest BCUT2D eigenvalue weighted by Gasteiger charge is 2.22. The predicted molar refractivity (Wildman–Crippen MR) is 118 cm³/mol. The van der Waals surface area contributed by atoms with Crippen molar-refractivity contribution in [3.05, 3.63) is 74.6 Å². The van der Waals surface area contributed by atoms with Gasteiger partial charge in [0, 0.05) is 59.0 Å². The molecule has 8 nitrogen and oxygen atoms in total. The molecule has 1 fully saturated rings. The Morgan fingerprint density at radius 3 is 2.29 bits per heavy atom. The summed E-state index contributed by atoms with van der Waals surface area (Å²) in [5, 5.41) is 0. The molecule has 8 heteroatoms. The lowest BCUT2D eigenvalue weighted by molar-refractivity contribution is -0.137. The lowest BCUT2D eigenvalue weighted by atomic mass is 10.1. The van der Waals surface area contributed by atoms with Crippen molar-refractivity contribution in [3.8, 4) is 0 Å². The number of carbonyl (C=O) groups is 2. The molecule has 0 N–H and O–H groups in total. The number of aryl methyl sites for hydroxylation is 2. The van der Waals surface area contributed by atoms with Crippen molar-refractivity contribution in [2.75, 3.05) is 26.2 Å². The zero-order valence-corrected chi connectivity index (χ0v) is 18.0. The molecule has 0 spiro atoms. The molecule has 1 saturated heterocycles. The minimum atomic E-state index is -0.446. The van der Waals surface area contributed by atoms with E-state index in [1.54, 1.807) is 16.8 Å². The third-order valence-electron chi connectivity index (χ3n) is 5.52. The Kier molecular flexibility index (Phi) is 7.23.